The summed E-state index contributed by atoms with van der Waals surface area (Å²) < 4.78 is 0. The third kappa shape index (κ3) is 4.12. The van der Waals surface area contributed by atoms with Crippen molar-refractivity contribution in [3.8, 4) is 11.3 Å². The highest BCUT2D eigenvalue weighted by molar-refractivity contribution is 5.94. The lowest BCUT2D eigenvalue weighted by atomic mass is 10.0. The van der Waals surface area contributed by atoms with Gasteiger partial charge in [-0.05, 0) is 31.0 Å². The van der Waals surface area contributed by atoms with Crippen molar-refractivity contribution in [3.63, 3.8) is 0 Å². The molecule has 0 unspecified atom stereocenters. The minimum atomic E-state index is 0.104. The molecule has 0 bridgehead atoms. The van der Waals surface area contributed by atoms with E-state index in [0.29, 0.717) is 5.95 Å². The van der Waals surface area contributed by atoms with Gasteiger partial charge in [0.2, 0.25) is 5.95 Å². The number of carbonyl (C=O) groups is 1. The molecule has 31 heavy (non-hydrogen) atoms. The average Bonchev–Trinajstić information content (AvgIpc) is 2.85. The number of rotatable bonds is 4. The van der Waals surface area contributed by atoms with Crippen LogP contribution in [0, 0.1) is 0 Å². The number of anilines is 1. The summed E-state index contributed by atoms with van der Waals surface area (Å²) in [5, 5.41) is 4.57. The van der Waals surface area contributed by atoms with E-state index in [0.717, 1.165) is 53.7 Å². The van der Waals surface area contributed by atoms with Crippen LogP contribution >= 0.6 is 0 Å². The zero-order valence-corrected chi connectivity index (χ0v) is 17.2. The van der Waals surface area contributed by atoms with E-state index in [1.54, 1.807) is 0 Å². The summed E-state index contributed by atoms with van der Waals surface area (Å²) in [4.78, 5) is 24.2. The van der Waals surface area contributed by atoms with E-state index in [4.69, 9.17) is 9.97 Å². The Balaban J connectivity index is 1.33. The van der Waals surface area contributed by atoms with Gasteiger partial charge < -0.3 is 10.2 Å². The first kappa shape index (κ1) is 19.2. The fourth-order valence-electron chi connectivity index (χ4n) is 4.13. The van der Waals surface area contributed by atoms with E-state index in [1.165, 1.54) is 0 Å². The van der Waals surface area contributed by atoms with E-state index in [2.05, 4.69) is 23.5 Å². The van der Waals surface area contributed by atoms with Gasteiger partial charge in [0.05, 0.1) is 11.2 Å². The Labute approximate surface area is 181 Å². The number of benzene rings is 3. The van der Waals surface area contributed by atoms with E-state index >= 15 is 0 Å². The predicted octanol–water partition coefficient (Wildman–Crippen LogP) is 5.01. The molecule has 1 amide bonds. The lowest BCUT2D eigenvalue weighted by Gasteiger charge is -2.32. The largest absolute Gasteiger partial charge is 0.351 e. The molecule has 3 aromatic carbocycles. The van der Waals surface area contributed by atoms with Crippen molar-refractivity contribution in [3.05, 3.63) is 90.5 Å². The summed E-state index contributed by atoms with van der Waals surface area (Å²) in [6.45, 7) is 1.45. The third-order valence-corrected chi connectivity index (χ3v) is 5.79. The molecule has 0 spiro atoms. The van der Waals surface area contributed by atoms with Gasteiger partial charge in [0.15, 0.2) is 0 Å². The predicted molar refractivity (Wildman–Crippen MR) is 124 cm³/mol. The fourth-order valence-corrected chi connectivity index (χ4v) is 4.13. The molecule has 154 valence electrons. The molecule has 1 fully saturated rings. The van der Waals surface area contributed by atoms with E-state index in [1.807, 2.05) is 71.6 Å². The summed E-state index contributed by atoms with van der Waals surface area (Å²) >= 11 is 0. The molecule has 5 heteroatoms. The number of aromatic nitrogens is 2. The van der Waals surface area contributed by atoms with Crippen LogP contribution < -0.4 is 5.32 Å². The molecular formula is C26H24N4O. The molecule has 0 aliphatic carbocycles. The molecule has 1 aromatic heterocycles. The second-order valence-corrected chi connectivity index (χ2v) is 7.86. The lowest BCUT2D eigenvalue weighted by Crippen LogP contribution is -2.42. The summed E-state index contributed by atoms with van der Waals surface area (Å²) in [6.07, 6.45) is 1.74. The number of nitrogens with zero attached hydrogens (tertiary/aromatic N) is 3. The smallest absolute Gasteiger partial charge is 0.253 e. The van der Waals surface area contributed by atoms with Crippen molar-refractivity contribution in [1.29, 1.82) is 0 Å². The number of fused-ring (bicyclic) bond motifs is 1. The first-order valence-electron chi connectivity index (χ1n) is 10.7. The van der Waals surface area contributed by atoms with Gasteiger partial charge >= 0.3 is 0 Å². The topological polar surface area (TPSA) is 58.1 Å². The standard InChI is InChI=1S/C26H24N4O/c31-25(20-11-5-2-6-12-20)30-17-15-21(16-18-30)27-26-28-23-14-8-7-13-22(23)24(29-26)19-9-3-1-4-10-19/h1-14,21H,15-18H2,(H,27,28,29). The molecule has 5 rings (SSSR count). The molecule has 0 radical (unpaired) electrons. The summed E-state index contributed by atoms with van der Waals surface area (Å²) in [5.41, 5.74) is 3.69. The molecule has 5 nitrogen and oxygen atoms in total. The quantitative estimate of drug-likeness (QED) is 0.515. The first-order valence-corrected chi connectivity index (χ1v) is 10.7. The van der Waals surface area contributed by atoms with Crippen molar-refractivity contribution >= 4 is 22.8 Å². The Hall–Kier alpha value is -3.73. The summed E-state index contributed by atoms with van der Waals surface area (Å²) in [7, 11) is 0. The zero-order chi connectivity index (χ0) is 21.0. The minimum absolute atomic E-state index is 0.104. The number of nitrogens with one attached hydrogen (secondary N) is 1. The molecule has 1 N–H and O–H groups in total. The van der Waals surface area contributed by atoms with Crippen LogP contribution in [0.5, 0.6) is 0 Å². The number of hydrogen-bond acceptors (Lipinski definition) is 4. The van der Waals surface area contributed by atoms with Gasteiger partial charge in [0, 0.05) is 35.6 Å². The van der Waals surface area contributed by atoms with Crippen molar-refractivity contribution < 1.29 is 4.79 Å². The van der Waals surface area contributed by atoms with Crippen LogP contribution in [0.25, 0.3) is 22.2 Å². The van der Waals surface area contributed by atoms with Gasteiger partial charge in [0.25, 0.3) is 5.91 Å². The Morgan fingerprint density at radius 3 is 2.19 bits per heavy atom. The molecule has 0 saturated carbocycles. The van der Waals surface area contributed by atoms with Crippen molar-refractivity contribution in [1.82, 2.24) is 14.9 Å². The Kier molecular flexibility index (Phi) is 5.31. The Morgan fingerprint density at radius 2 is 1.45 bits per heavy atom. The molecule has 2 heterocycles. The van der Waals surface area contributed by atoms with Crippen LogP contribution in [0.1, 0.15) is 23.2 Å². The fraction of sp³-hybridized carbons (Fsp3) is 0.192. The highest BCUT2D eigenvalue weighted by Crippen LogP contribution is 2.28. The first-order chi connectivity index (χ1) is 15.3. The Bertz CT molecular complexity index is 1190. The SMILES string of the molecule is O=C(c1ccccc1)N1CCC(Nc2nc(-c3ccccc3)c3ccccc3n2)CC1. The van der Waals surface area contributed by atoms with Crippen LogP contribution in [0.2, 0.25) is 0 Å². The molecule has 1 saturated heterocycles. The Morgan fingerprint density at radius 1 is 0.806 bits per heavy atom. The van der Waals surface area contributed by atoms with Gasteiger partial charge in [-0.1, -0.05) is 66.7 Å². The maximum atomic E-state index is 12.7. The van der Waals surface area contributed by atoms with Crippen LogP contribution in [-0.2, 0) is 0 Å². The second-order valence-electron chi connectivity index (χ2n) is 7.86. The van der Waals surface area contributed by atoms with Crippen molar-refractivity contribution in [2.75, 3.05) is 18.4 Å². The van der Waals surface area contributed by atoms with Crippen molar-refractivity contribution in [2.24, 2.45) is 0 Å². The van der Waals surface area contributed by atoms with Gasteiger partial charge in [-0.2, -0.15) is 0 Å². The van der Waals surface area contributed by atoms with Crippen LogP contribution in [0.3, 0.4) is 0 Å². The number of hydrogen-bond donors (Lipinski definition) is 1. The molecule has 4 aromatic rings. The highest BCUT2D eigenvalue weighted by Gasteiger charge is 2.24. The van der Waals surface area contributed by atoms with Crippen LogP contribution in [0.15, 0.2) is 84.9 Å². The maximum absolute atomic E-state index is 12.7. The van der Waals surface area contributed by atoms with E-state index in [9.17, 15) is 4.79 Å². The van der Waals surface area contributed by atoms with E-state index < -0.39 is 0 Å². The number of amides is 1. The van der Waals surface area contributed by atoms with Gasteiger partial charge in [-0.3, -0.25) is 4.79 Å². The molecule has 0 atom stereocenters. The zero-order valence-electron chi connectivity index (χ0n) is 17.2. The second kappa shape index (κ2) is 8.56. The van der Waals surface area contributed by atoms with Gasteiger partial charge in [-0.15, -0.1) is 0 Å². The number of likely N-dealkylation sites (tertiary alicyclic amines) is 1. The van der Waals surface area contributed by atoms with E-state index in [-0.39, 0.29) is 11.9 Å². The molecular weight excluding hydrogens is 384 g/mol. The normalized spacial score (nSPS) is 14.5. The lowest BCUT2D eigenvalue weighted by molar-refractivity contribution is 0.0718. The average molecular weight is 409 g/mol. The molecule has 1 aliphatic rings. The van der Waals surface area contributed by atoms with Crippen LogP contribution in [-0.4, -0.2) is 39.9 Å². The summed E-state index contributed by atoms with van der Waals surface area (Å²) in [5.74, 6) is 0.748. The summed E-state index contributed by atoms with van der Waals surface area (Å²) in [6, 6.07) is 28.1. The van der Waals surface area contributed by atoms with Gasteiger partial charge in [0.1, 0.15) is 0 Å². The minimum Gasteiger partial charge on any atom is -0.351 e. The molecule has 1 aliphatic heterocycles. The van der Waals surface area contributed by atoms with Gasteiger partial charge in [-0.25, -0.2) is 9.97 Å². The van der Waals surface area contributed by atoms with Crippen LogP contribution in [0.4, 0.5) is 5.95 Å². The third-order valence-electron chi connectivity index (χ3n) is 5.79. The maximum Gasteiger partial charge on any atom is 0.253 e. The highest BCUT2D eigenvalue weighted by atomic mass is 16.2. The number of para-hydroxylation sites is 1. The number of carbonyl (C=O) groups excluding carboxylic acids is 1. The van der Waals surface area contributed by atoms with Crippen molar-refractivity contribution in [2.45, 2.75) is 18.9 Å². The number of piperidine rings is 1. The monoisotopic (exact) mass is 408 g/mol.